The molecule has 0 amide bonds. The van der Waals surface area contributed by atoms with E-state index in [0.29, 0.717) is 12.3 Å². The number of ketones is 1. The molecule has 1 aliphatic carbocycles. The molecule has 2 heteroatoms. The van der Waals surface area contributed by atoms with Gasteiger partial charge in [-0.15, -0.1) is 0 Å². The van der Waals surface area contributed by atoms with E-state index in [1.54, 1.807) is 0 Å². The summed E-state index contributed by atoms with van der Waals surface area (Å²) in [5.74, 6) is 1.47. The van der Waals surface area contributed by atoms with Crippen molar-refractivity contribution in [1.82, 2.24) is 0 Å². The van der Waals surface area contributed by atoms with Gasteiger partial charge in [-0.1, -0.05) is 19.8 Å². The van der Waals surface area contributed by atoms with E-state index in [2.05, 4.69) is 0 Å². The molecule has 2 nitrogen and oxygen atoms in total. The minimum Gasteiger partial charge on any atom is -0.330 e. The molecule has 1 aliphatic rings. The Morgan fingerprint density at radius 1 is 1.58 bits per heavy atom. The average molecular weight is 169 g/mol. The molecular weight excluding hydrogens is 150 g/mol. The summed E-state index contributed by atoms with van der Waals surface area (Å²) >= 11 is 0. The topological polar surface area (TPSA) is 43.1 Å². The van der Waals surface area contributed by atoms with E-state index in [9.17, 15) is 4.79 Å². The molecule has 0 aliphatic heterocycles. The molecule has 0 aromatic rings. The van der Waals surface area contributed by atoms with Crippen LogP contribution in [-0.4, -0.2) is 12.3 Å². The molecule has 1 unspecified atom stereocenters. The monoisotopic (exact) mass is 169 g/mol. The molecule has 0 aromatic carbocycles. The first kappa shape index (κ1) is 9.72. The Balaban J connectivity index is 2.07. The van der Waals surface area contributed by atoms with Crippen LogP contribution in [0.5, 0.6) is 0 Å². The van der Waals surface area contributed by atoms with E-state index in [-0.39, 0.29) is 5.92 Å². The zero-order valence-electron chi connectivity index (χ0n) is 7.88. The van der Waals surface area contributed by atoms with E-state index in [4.69, 9.17) is 5.73 Å². The second-order valence-electron chi connectivity index (χ2n) is 3.93. The first-order valence-electron chi connectivity index (χ1n) is 4.96. The van der Waals surface area contributed by atoms with Gasteiger partial charge >= 0.3 is 0 Å². The van der Waals surface area contributed by atoms with E-state index in [1.807, 2.05) is 6.92 Å². The SMILES string of the molecule is CC(CCN)C(=O)CCC1CC1. The summed E-state index contributed by atoms with van der Waals surface area (Å²) in [7, 11) is 0. The smallest absolute Gasteiger partial charge is 0.135 e. The van der Waals surface area contributed by atoms with Crippen LogP contribution in [0.2, 0.25) is 0 Å². The molecular formula is C10H19NO. The Morgan fingerprint density at radius 3 is 2.75 bits per heavy atom. The molecule has 0 spiro atoms. The Bertz CT molecular complexity index is 152. The predicted octanol–water partition coefficient (Wildman–Crippen LogP) is 1.73. The lowest BCUT2D eigenvalue weighted by Crippen LogP contribution is -2.15. The summed E-state index contributed by atoms with van der Waals surface area (Å²) in [6.07, 6.45) is 5.44. The molecule has 1 saturated carbocycles. The zero-order valence-corrected chi connectivity index (χ0v) is 7.88. The number of Topliss-reactive ketones (excluding diaryl/α,β-unsaturated/α-hetero) is 1. The highest BCUT2D eigenvalue weighted by Gasteiger charge is 2.22. The van der Waals surface area contributed by atoms with Crippen molar-refractivity contribution in [3.05, 3.63) is 0 Å². The fourth-order valence-electron chi connectivity index (χ4n) is 1.41. The van der Waals surface area contributed by atoms with Gasteiger partial charge in [-0.2, -0.15) is 0 Å². The Morgan fingerprint density at radius 2 is 2.25 bits per heavy atom. The molecule has 70 valence electrons. The fourth-order valence-corrected chi connectivity index (χ4v) is 1.41. The lowest BCUT2D eigenvalue weighted by molar-refractivity contribution is -0.122. The first-order valence-corrected chi connectivity index (χ1v) is 4.96. The van der Waals surface area contributed by atoms with Gasteiger partial charge in [-0.3, -0.25) is 4.79 Å². The van der Waals surface area contributed by atoms with Crippen LogP contribution >= 0.6 is 0 Å². The molecule has 12 heavy (non-hydrogen) atoms. The van der Waals surface area contributed by atoms with E-state index in [1.165, 1.54) is 12.8 Å². The van der Waals surface area contributed by atoms with Gasteiger partial charge in [0, 0.05) is 12.3 Å². The summed E-state index contributed by atoms with van der Waals surface area (Å²) in [4.78, 5) is 11.4. The van der Waals surface area contributed by atoms with E-state index in [0.717, 1.165) is 25.2 Å². The molecule has 2 N–H and O–H groups in total. The maximum Gasteiger partial charge on any atom is 0.135 e. The number of carbonyl (C=O) groups is 1. The third-order valence-electron chi connectivity index (χ3n) is 2.65. The van der Waals surface area contributed by atoms with Gasteiger partial charge in [0.15, 0.2) is 0 Å². The molecule has 1 rings (SSSR count). The van der Waals surface area contributed by atoms with Crippen LogP contribution in [-0.2, 0) is 4.79 Å². The number of hydrogen-bond donors (Lipinski definition) is 1. The largest absolute Gasteiger partial charge is 0.330 e. The van der Waals surface area contributed by atoms with Crippen molar-refractivity contribution >= 4 is 5.78 Å². The average Bonchev–Trinajstić information content (AvgIpc) is 2.83. The van der Waals surface area contributed by atoms with Crippen molar-refractivity contribution in [3.63, 3.8) is 0 Å². The summed E-state index contributed by atoms with van der Waals surface area (Å²) in [6.45, 7) is 2.62. The highest BCUT2D eigenvalue weighted by molar-refractivity contribution is 5.80. The summed E-state index contributed by atoms with van der Waals surface area (Å²) < 4.78 is 0. The van der Waals surface area contributed by atoms with Crippen molar-refractivity contribution in [2.75, 3.05) is 6.54 Å². The number of rotatable bonds is 6. The van der Waals surface area contributed by atoms with Crippen molar-refractivity contribution in [2.24, 2.45) is 17.6 Å². The Hall–Kier alpha value is -0.370. The van der Waals surface area contributed by atoms with Crippen LogP contribution in [0.1, 0.15) is 39.0 Å². The number of nitrogens with two attached hydrogens (primary N) is 1. The predicted molar refractivity (Wildman–Crippen MR) is 49.8 cm³/mol. The zero-order chi connectivity index (χ0) is 8.97. The van der Waals surface area contributed by atoms with Gasteiger partial charge in [-0.05, 0) is 25.3 Å². The van der Waals surface area contributed by atoms with Crippen LogP contribution in [0.15, 0.2) is 0 Å². The minimum atomic E-state index is 0.189. The highest BCUT2D eigenvalue weighted by Crippen LogP contribution is 2.33. The van der Waals surface area contributed by atoms with Gasteiger partial charge in [0.25, 0.3) is 0 Å². The van der Waals surface area contributed by atoms with Crippen LogP contribution in [0, 0.1) is 11.8 Å². The third-order valence-corrected chi connectivity index (χ3v) is 2.65. The van der Waals surface area contributed by atoms with Gasteiger partial charge in [0.05, 0.1) is 0 Å². The normalized spacial score (nSPS) is 19.2. The van der Waals surface area contributed by atoms with E-state index < -0.39 is 0 Å². The second kappa shape index (κ2) is 4.61. The van der Waals surface area contributed by atoms with Crippen molar-refractivity contribution in [2.45, 2.75) is 39.0 Å². The van der Waals surface area contributed by atoms with Crippen LogP contribution in [0.25, 0.3) is 0 Å². The van der Waals surface area contributed by atoms with Crippen LogP contribution in [0.3, 0.4) is 0 Å². The maximum atomic E-state index is 11.4. The van der Waals surface area contributed by atoms with Gasteiger partial charge in [0.1, 0.15) is 5.78 Å². The molecule has 0 heterocycles. The number of hydrogen-bond acceptors (Lipinski definition) is 2. The molecule has 0 aromatic heterocycles. The second-order valence-corrected chi connectivity index (χ2v) is 3.93. The lowest BCUT2D eigenvalue weighted by atomic mass is 9.98. The van der Waals surface area contributed by atoms with Crippen molar-refractivity contribution < 1.29 is 4.79 Å². The molecule has 1 atom stereocenters. The van der Waals surface area contributed by atoms with E-state index >= 15 is 0 Å². The summed E-state index contributed by atoms with van der Waals surface area (Å²) in [5, 5.41) is 0. The van der Waals surface area contributed by atoms with Crippen LogP contribution in [0.4, 0.5) is 0 Å². The van der Waals surface area contributed by atoms with Crippen molar-refractivity contribution in [3.8, 4) is 0 Å². The Kier molecular flexibility index (Phi) is 3.73. The third kappa shape index (κ3) is 3.35. The lowest BCUT2D eigenvalue weighted by Gasteiger charge is -2.07. The number of carbonyl (C=O) groups excluding carboxylic acids is 1. The van der Waals surface area contributed by atoms with Crippen molar-refractivity contribution in [1.29, 1.82) is 0 Å². The molecule has 1 fully saturated rings. The summed E-state index contributed by atoms with van der Waals surface area (Å²) in [6, 6.07) is 0. The fraction of sp³-hybridized carbons (Fsp3) is 0.900. The summed E-state index contributed by atoms with van der Waals surface area (Å²) in [5.41, 5.74) is 5.38. The van der Waals surface area contributed by atoms with Gasteiger partial charge < -0.3 is 5.73 Å². The highest BCUT2D eigenvalue weighted by atomic mass is 16.1. The standard InChI is InChI=1S/C10H19NO/c1-8(6-7-11)10(12)5-4-9-2-3-9/h8-9H,2-7,11H2,1H3. The van der Waals surface area contributed by atoms with Gasteiger partial charge in [0.2, 0.25) is 0 Å². The minimum absolute atomic E-state index is 0.189. The first-order chi connectivity index (χ1) is 5.74. The van der Waals surface area contributed by atoms with Gasteiger partial charge in [-0.25, -0.2) is 0 Å². The molecule has 0 bridgehead atoms. The quantitative estimate of drug-likeness (QED) is 0.658. The molecule has 0 radical (unpaired) electrons. The molecule has 0 saturated heterocycles. The maximum absolute atomic E-state index is 11.4. The van der Waals surface area contributed by atoms with Crippen LogP contribution < -0.4 is 5.73 Å². The Labute approximate surface area is 74.5 Å².